The molecule has 0 aromatic rings. The molecule has 0 radical (unpaired) electrons. The van der Waals surface area contributed by atoms with Crippen LogP contribution in [0.5, 0.6) is 0 Å². The first-order chi connectivity index (χ1) is 3.27. The van der Waals surface area contributed by atoms with Crippen LogP contribution in [-0.4, -0.2) is 12.3 Å². The Morgan fingerprint density at radius 3 is 2.71 bits per heavy atom. The van der Waals surface area contributed by atoms with Gasteiger partial charge in [-0.25, -0.2) is 0 Å². The lowest BCUT2D eigenvalue weighted by molar-refractivity contribution is -0.128. The van der Waals surface area contributed by atoms with Crippen molar-refractivity contribution in [1.29, 1.82) is 0 Å². The van der Waals surface area contributed by atoms with Gasteiger partial charge in [-0.05, 0) is 6.92 Å². The van der Waals surface area contributed by atoms with Crippen LogP contribution in [0.4, 0.5) is 0 Å². The summed E-state index contributed by atoms with van der Waals surface area (Å²) in [5.41, 5.74) is 4.94. The van der Waals surface area contributed by atoms with Crippen molar-refractivity contribution in [3.05, 3.63) is 0 Å². The Hall–Kier alpha value is -1.06. The number of oxime groups is 1. The molecule has 0 aliphatic carbocycles. The summed E-state index contributed by atoms with van der Waals surface area (Å²) in [6.45, 7) is 1.72. The Balaban J connectivity index is 3.25. The van der Waals surface area contributed by atoms with Crippen LogP contribution >= 0.6 is 0 Å². The first kappa shape index (κ1) is 5.94. The van der Waals surface area contributed by atoms with E-state index in [9.17, 15) is 4.79 Å². The van der Waals surface area contributed by atoms with E-state index in [4.69, 9.17) is 5.73 Å². The quantitative estimate of drug-likeness (QED) is 0.167. The standard InChI is InChI=1S/C3H6N2O2/c1-3(4)5-7-2-6/h2H,1H3,(H2,4,5). The van der Waals surface area contributed by atoms with Gasteiger partial charge in [0.25, 0.3) is 0 Å². The van der Waals surface area contributed by atoms with Gasteiger partial charge in [0.15, 0.2) is 0 Å². The molecule has 0 bridgehead atoms. The van der Waals surface area contributed by atoms with Gasteiger partial charge in [-0.15, -0.1) is 0 Å². The van der Waals surface area contributed by atoms with Gasteiger partial charge in [0.05, 0.1) is 0 Å². The van der Waals surface area contributed by atoms with Crippen molar-refractivity contribution in [2.45, 2.75) is 6.92 Å². The summed E-state index contributed by atoms with van der Waals surface area (Å²) >= 11 is 0. The van der Waals surface area contributed by atoms with Crippen LogP contribution in [0.2, 0.25) is 0 Å². The molecule has 0 atom stereocenters. The highest BCUT2D eigenvalue weighted by Crippen LogP contribution is 1.65. The van der Waals surface area contributed by atoms with E-state index in [1.54, 1.807) is 0 Å². The zero-order valence-electron chi connectivity index (χ0n) is 3.92. The molecule has 0 amide bonds. The monoisotopic (exact) mass is 102 g/mol. The minimum atomic E-state index is 0.205. The van der Waals surface area contributed by atoms with Gasteiger partial charge in [-0.2, -0.15) is 0 Å². The highest BCUT2D eigenvalue weighted by atomic mass is 16.7. The Kier molecular flexibility index (Phi) is 2.67. The number of rotatable bonds is 2. The Morgan fingerprint density at radius 1 is 2.00 bits per heavy atom. The largest absolute Gasteiger partial charge is 0.385 e. The minimum absolute atomic E-state index is 0.205. The minimum Gasteiger partial charge on any atom is -0.385 e. The maximum Gasteiger partial charge on any atom is 0.323 e. The predicted molar refractivity (Wildman–Crippen MR) is 24.4 cm³/mol. The molecule has 7 heavy (non-hydrogen) atoms. The van der Waals surface area contributed by atoms with Crippen molar-refractivity contribution < 1.29 is 9.63 Å². The Morgan fingerprint density at radius 2 is 2.57 bits per heavy atom. The van der Waals surface area contributed by atoms with Crippen LogP contribution in [0, 0.1) is 0 Å². The summed E-state index contributed by atoms with van der Waals surface area (Å²) in [5.74, 6) is 0.229. The lowest BCUT2D eigenvalue weighted by Crippen LogP contribution is -2.05. The van der Waals surface area contributed by atoms with Crippen molar-refractivity contribution in [2.75, 3.05) is 0 Å². The first-order valence-corrected chi connectivity index (χ1v) is 1.67. The number of carbonyl (C=O) groups excluding carboxylic acids is 1. The molecular weight excluding hydrogens is 96.0 g/mol. The van der Waals surface area contributed by atoms with Crippen LogP contribution in [-0.2, 0) is 9.63 Å². The van der Waals surface area contributed by atoms with Crippen LogP contribution in [0.25, 0.3) is 0 Å². The fourth-order valence-electron chi connectivity index (χ4n) is 0.105. The van der Waals surface area contributed by atoms with Gasteiger partial charge in [-0.3, -0.25) is 4.79 Å². The van der Waals surface area contributed by atoms with E-state index in [2.05, 4.69) is 9.99 Å². The summed E-state index contributed by atoms with van der Waals surface area (Å²) in [4.78, 5) is 13.2. The highest BCUT2D eigenvalue weighted by Gasteiger charge is 1.73. The second-order valence-corrected chi connectivity index (χ2v) is 0.934. The average Bonchev–Trinajstić information content (AvgIpc) is 1.61. The average molecular weight is 102 g/mol. The molecule has 2 N–H and O–H groups in total. The lowest BCUT2D eigenvalue weighted by Gasteiger charge is -1.82. The van der Waals surface area contributed by atoms with Crippen molar-refractivity contribution >= 4 is 12.3 Å². The maximum absolute atomic E-state index is 9.32. The van der Waals surface area contributed by atoms with Crippen LogP contribution < -0.4 is 5.73 Å². The summed E-state index contributed by atoms with van der Waals surface area (Å²) < 4.78 is 0. The number of nitrogens with zero attached hydrogens (tertiary/aromatic N) is 1. The molecule has 0 heterocycles. The summed E-state index contributed by atoms with van der Waals surface area (Å²) in [5, 5.41) is 3.07. The first-order valence-electron chi connectivity index (χ1n) is 1.67. The zero-order valence-corrected chi connectivity index (χ0v) is 3.92. The fourth-order valence-corrected chi connectivity index (χ4v) is 0.105. The van der Waals surface area contributed by atoms with Crippen molar-refractivity contribution in [3.8, 4) is 0 Å². The third-order valence-corrected chi connectivity index (χ3v) is 0.240. The molecule has 0 spiro atoms. The number of carbonyl (C=O) groups is 1. The van der Waals surface area contributed by atoms with E-state index in [1.807, 2.05) is 0 Å². The molecule has 0 rings (SSSR count). The van der Waals surface area contributed by atoms with Gasteiger partial charge < -0.3 is 10.6 Å². The van der Waals surface area contributed by atoms with Gasteiger partial charge in [0, 0.05) is 0 Å². The molecule has 4 heteroatoms. The van der Waals surface area contributed by atoms with E-state index in [0.717, 1.165) is 0 Å². The second kappa shape index (κ2) is 3.14. The number of hydrogen-bond donors (Lipinski definition) is 1. The van der Waals surface area contributed by atoms with E-state index >= 15 is 0 Å². The normalized spacial score (nSPS) is 10.7. The summed E-state index contributed by atoms with van der Waals surface area (Å²) in [7, 11) is 0. The maximum atomic E-state index is 9.32. The molecule has 0 aromatic heterocycles. The Bertz CT molecular complexity index is 84.9. The van der Waals surface area contributed by atoms with E-state index in [0.29, 0.717) is 0 Å². The topological polar surface area (TPSA) is 64.7 Å². The molecule has 0 aliphatic heterocycles. The number of nitrogens with two attached hydrogens (primary N) is 1. The van der Waals surface area contributed by atoms with Gasteiger partial charge in [0.2, 0.25) is 0 Å². The molecule has 0 unspecified atom stereocenters. The molecule has 4 nitrogen and oxygen atoms in total. The molecule has 40 valence electrons. The van der Waals surface area contributed by atoms with Gasteiger partial charge in [-0.1, -0.05) is 5.16 Å². The van der Waals surface area contributed by atoms with E-state index < -0.39 is 0 Å². The van der Waals surface area contributed by atoms with Crippen LogP contribution in [0.15, 0.2) is 5.16 Å². The number of hydrogen-bond acceptors (Lipinski definition) is 3. The molecule has 0 aromatic carbocycles. The van der Waals surface area contributed by atoms with Crippen molar-refractivity contribution in [2.24, 2.45) is 10.9 Å². The van der Waals surface area contributed by atoms with Gasteiger partial charge in [0.1, 0.15) is 5.84 Å². The third kappa shape index (κ3) is 4.94. The number of amidine groups is 1. The molecular formula is C3H6N2O2. The molecule has 0 aliphatic rings. The smallest absolute Gasteiger partial charge is 0.323 e. The SMILES string of the molecule is CC(N)=NOC=O. The van der Waals surface area contributed by atoms with Crippen LogP contribution in [0.1, 0.15) is 6.92 Å². The second-order valence-electron chi connectivity index (χ2n) is 0.934. The third-order valence-electron chi connectivity index (χ3n) is 0.240. The Labute approximate surface area is 40.9 Å². The lowest BCUT2D eigenvalue weighted by atomic mass is 10.7. The zero-order chi connectivity index (χ0) is 5.70. The highest BCUT2D eigenvalue weighted by molar-refractivity contribution is 5.77. The molecule has 0 saturated heterocycles. The van der Waals surface area contributed by atoms with Crippen molar-refractivity contribution in [3.63, 3.8) is 0 Å². The molecule has 0 fully saturated rings. The summed E-state index contributed by atoms with van der Waals surface area (Å²) in [6, 6.07) is 0. The van der Waals surface area contributed by atoms with E-state index in [1.165, 1.54) is 6.92 Å². The summed E-state index contributed by atoms with van der Waals surface area (Å²) in [6.07, 6.45) is 0. The fraction of sp³-hybridized carbons (Fsp3) is 0.333. The van der Waals surface area contributed by atoms with E-state index in [-0.39, 0.29) is 12.3 Å². The van der Waals surface area contributed by atoms with Crippen LogP contribution in [0.3, 0.4) is 0 Å². The molecule has 0 saturated carbocycles. The van der Waals surface area contributed by atoms with Crippen molar-refractivity contribution in [1.82, 2.24) is 0 Å². The predicted octanol–water partition coefficient (Wildman–Crippen LogP) is -0.549. The van der Waals surface area contributed by atoms with Gasteiger partial charge >= 0.3 is 6.47 Å².